The highest BCUT2D eigenvalue weighted by molar-refractivity contribution is 7.99. The standard InChI is InChI=1S/C25H29F3N4O2S/c1-3-5-14-34-21-12-10-18(11-13-21)23(33)29-17-22-30-31-24(35-15-6-4-2)32(22)20-9-7-8-19(16-20)25(26,27)28/h7-13,16H,3-6,14-15,17H2,1-2H3,(H,29,33). The summed E-state index contributed by atoms with van der Waals surface area (Å²) in [7, 11) is 0. The Morgan fingerprint density at radius 1 is 1.06 bits per heavy atom. The number of alkyl halides is 3. The molecule has 1 N–H and O–H groups in total. The maximum Gasteiger partial charge on any atom is 0.416 e. The zero-order valence-corrected chi connectivity index (χ0v) is 20.6. The van der Waals surface area contributed by atoms with E-state index in [2.05, 4.69) is 29.4 Å². The molecular formula is C25H29F3N4O2S. The Morgan fingerprint density at radius 3 is 2.49 bits per heavy atom. The zero-order chi connectivity index (χ0) is 25.3. The van der Waals surface area contributed by atoms with Gasteiger partial charge in [-0.3, -0.25) is 9.36 Å². The monoisotopic (exact) mass is 506 g/mol. The Hall–Kier alpha value is -3.01. The lowest BCUT2D eigenvalue weighted by atomic mass is 10.2. The first-order chi connectivity index (χ1) is 16.8. The number of hydrogen-bond donors (Lipinski definition) is 1. The van der Waals surface area contributed by atoms with Crippen molar-refractivity contribution in [3.63, 3.8) is 0 Å². The number of ether oxygens (including phenoxy) is 1. The van der Waals surface area contributed by atoms with E-state index < -0.39 is 11.7 Å². The molecule has 0 atom stereocenters. The van der Waals surface area contributed by atoms with Crippen LogP contribution in [0.2, 0.25) is 0 Å². The fourth-order valence-electron chi connectivity index (χ4n) is 3.20. The van der Waals surface area contributed by atoms with Crippen molar-refractivity contribution in [2.24, 2.45) is 0 Å². The number of unbranched alkanes of at least 4 members (excludes halogenated alkanes) is 2. The first-order valence-corrected chi connectivity index (χ1v) is 12.6. The van der Waals surface area contributed by atoms with Crippen LogP contribution in [0.1, 0.15) is 61.3 Å². The second-order valence-corrected chi connectivity index (χ2v) is 8.96. The Kier molecular flexibility index (Phi) is 9.59. The molecule has 1 heterocycles. The van der Waals surface area contributed by atoms with Crippen LogP contribution in [0.5, 0.6) is 5.75 Å². The molecule has 0 radical (unpaired) electrons. The summed E-state index contributed by atoms with van der Waals surface area (Å²) in [5, 5.41) is 11.6. The Balaban J connectivity index is 1.77. The number of aromatic nitrogens is 3. The molecule has 0 aliphatic rings. The van der Waals surface area contributed by atoms with Crippen LogP contribution in [-0.2, 0) is 12.7 Å². The van der Waals surface area contributed by atoms with Gasteiger partial charge >= 0.3 is 6.18 Å². The van der Waals surface area contributed by atoms with Crippen molar-refractivity contribution >= 4 is 17.7 Å². The fourth-order valence-corrected chi connectivity index (χ4v) is 4.25. The molecule has 6 nitrogen and oxygen atoms in total. The molecule has 0 aliphatic carbocycles. The molecule has 35 heavy (non-hydrogen) atoms. The van der Waals surface area contributed by atoms with Crippen molar-refractivity contribution in [3.8, 4) is 11.4 Å². The number of carbonyl (C=O) groups excluding carboxylic acids is 1. The summed E-state index contributed by atoms with van der Waals surface area (Å²) in [6.07, 6.45) is -0.571. The SMILES string of the molecule is CCCCOc1ccc(C(=O)NCc2nnc(SCCCC)n2-c2cccc(C(F)(F)F)c2)cc1. The highest BCUT2D eigenvalue weighted by Crippen LogP contribution is 2.32. The van der Waals surface area contributed by atoms with Crippen molar-refractivity contribution in [1.82, 2.24) is 20.1 Å². The number of hydrogen-bond acceptors (Lipinski definition) is 5. The zero-order valence-electron chi connectivity index (χ0n) is 19.8. The number of rotatable bonds is 12. The molecule has 0 spiro atoms. The van der Waals surface area contributed by atoms with Crippen LogP contribution < -0.4 is 10.1 Å². The Morgan fingerprint density at radius 2 is 1.80 bits per heavy atom. The summed E-state index contributed by atoms with van der Waals surface area (Å²) >= 11 is 1.42. The minimum absolute atomic E-state index is 0.00513. The molecule has 1 amide bonds. The molecule has 0 fully saturated rings. The smallest absolute Gasteiger partial charge is 0.416 e. The predicted octanol–water partition coefficient (Wildman–Crippen LogP) is 6.29. The molecule has 188 valence electrons. The van der Waals surface area contributed by atoms with Gasteiger partial charge in [0.05, 0.1) is 24.4 Å². The van der Waals surface area contributed by atoms with Gasteiger partial charge in [0.15, 0.2) is 11.0 Å². The molecule has 3 rings (SSSR count). The molecule has 1 aromatic heterocycles. The van der Waals surface area contributed by atoms with E-state index in [-0.39, 0.29) is 12.5 Å². The second kappa shape index (κ2) is 12.6. The third-order valence-corrected chi connectivity index (χ3v) is 6.17. The van der Waals surface area contributed by atoms with Gasteiger partial charge in [0, 0.05) is 11.3 Å². The van der Waals surface area contributed by atoms with Crippen LogP contribution in [0, 0.1) is 0 Å². The average Bonchev–Trinajstić information content (AvgIpc) is 3.25. The largest absolute Gasteiger partial charge is 0.494 e. The number of nitrogens with zero attached hydrogens (tertiary/aromatic N) is 3. The number of halogens is 3. The first-order valence-electron chi connectivity index (χ1n) is 11.6. The number of thioether (sulfide) groups is 1. The van der Waals surface area contributed by atoms with Gasteiger partial charge in [-0.15, -0.1) is 10.2 Å². The summed E-state index contributed by atoms with van der Waals surface area (Å²) < 4.78 is 47.1. The molecule has 0 saturated heterocycles. The van der Waals surface area contributed by atoms with Gasteiger partial charge in [0.25, 0.3) is 5.91 Å². The Bertz CT molecular complexity index is 1100. The van der Waals surface area contributed by atoms with Crippen LogP contribution in [0.25, 0.3) is 5.69 Å². The van der Waals surface area contributed by atoms with Crippen molar-refractivity contribution in [2.75, 3.05) is 12.4 Å². The molecular weight excluding hydrogens is 477 g/mol. The third kappa shape index (κ3) is 7.48. The minimum atomic E-state index is -4.47. The number of nitrogens with one attached hydrogen (secondary N) is 1. The van der Waals surface area contributed by atoms with Gasteiger partial charge in [0.1, 0.15) is 5.75 Å². The van der Waals surface area contributed by atoms with E-state index >= 15 is 0 Å². The van der Waals surface area contributed by atoms with Crippen LogP contribution in [0.4, 0.5) is 13.2 Å². The molecule has 0 aliphatic heterocycles. The molecule has 0 bridgehead atoms. The fraction of sp³-hybridized carbons (Fsp3) is 0.400. The van der Waals surface area contributed by atoms with Gasteiger partial charge in [-0.25, -0.2) is 0 Å². The topological polar surface area (TPSA) is 69.0 Å². The first kappa shape index (κ1) is 26.6. The Labute approximate surface area is 207 Å². The van der Waals surface area contributed by atoms with E-state index in [0.717, 1.165) is 43.6 Å². The predicted molar refractivity (Wildman–Crippen MR) is 130 cm³/mol. The highest BCUT2D eigenvalue weighted by Gasteiger charge is 2.31. The van der Waals surface area contributed by atoms with E-state index in [1.165, 1.54) is 17.8 Å². The third-order valence-electron chi connectivity index (χ3n) is 5.15. The number of amides is 1. The molecule has 0 saturated carbocycles. The van der Waals surface area contributed by atoms with Crippen LogP contribution >= 0.6 is 11.8 Å². The van der Waals surface area contributed by atoms with Gasteiger partial charge in [-0.1, -0.05) is 44.5 Å². The van der Waals surface area contributed by atoms with Crippen LogP contribution in [-0.4, -0.2) is 33.0 Å². The van der Waals surface area contributed by atoms with Gasteiger partial charge in [0.2, 0.25) is 0 Å². The van der Waals surface area contributed by atoms with Crippen molar-refractivity contribution in [1.29, 1.82) is 0 Å². The maximum absolute atomic E-state index is 13.3. The summed E-state index contributed by atoms with van der Waals surface area (Å²) in [4.78, 5) is 12.7. The molecule has 2 aromatic carbocycles. The molecule has 10 heteroatoms. The van der Waals surface area contributed by atoms with Crippen molar-refractivity contribution < 1.29 is 22.7 Å². The minimum Gasteiger partial charge on any atom is -0.494 e. The normalized spacial score (nSPS) is 11.5. The molecule has 0 unspecified atom stereocenters. The van der Waals surface area contributed by atoms with E-state index in [1.807, 2.05) is 0 Å². The van der Waals surface area contributed by atoms with Crippen molar-refractivity contribution in [3.05, 3.63) is 65.5 Å². The van der Waals surface area contributed by atoms with E-state index in [4.69, 9.17) is 4.74 Å². The summed E-state index contributed by atoms with van der Waals surface area (Å²) in [6.45, 7) is 4.76. The van der Waals surface area contributed by atoms with E-state index in [1.54, 1.807) is 34.9 Å². The van der Waals surface area contributed by atoms with Gasteiger partial charge in [-0.2, -0.15) is 13.2 Å². The lowest BCUT2D eigenvalue weighted by Gasteiger charge is -2.13. The van der Waals surface area contributed by atoms with Crippen LogP contribution in [0.15, 0.2) is 53.7 Å². The average molecular weight is 507 g/mol. The van der Waals surface area contributed by atoms with E-state index in [0.29, 0.717) is 34.6 Å². The quantitative estimate of drug-likeness (QED) is 0.231. The highest BCUT2D eigenvalue weighted by atomic mass is 32.2. The molecule has 3 aromatic rings. The number of benzene rings is 2. The lowest BCUT2D eigenvalue weighted by Crippen LogP contribution is -2.24. The van der Waals surface area contributed by atoms with Crippen LogP contribution in [0.3, 0.4) is 0 Å². The summed E-state index contributed by atoms with van der Waals surface area (Å²) in [6, 6.07) is 11.8. The lowest BCUT2D eigenvalue weighted by molar-refractivity contribution is -0.137. The maximum atomic E-state index is 13.3. The summed E-state index contributed by atoms with van der Waals surface area (Å²) in [5.74, 6) is 1.46. The van der Waals surface area contributed by atoms with Crippen molar-refractivity contribution in [2.45, 2.75) is 57.4 Å². The summed E-state index contributed by atoms with van der Waals surface area (Å²) in [5.41, 5.74) is -0.0263. The van der Waals surface area contributed by atoms with E-state index in [9.17, 15) is 18.0 Å². The van der Waals surface area contributed by atoms with Gasteiger partial charge in [-0.05, 0) is 55.3 Å². The number of carbonyl (C=O) groups is 1. The van der Waals surface area contributed by atoms with Gasteiger partial charge < -0.3 is 10.1 Å². The second-order valence-electron chi connectivity index (χ2n) is 7.89.